The lowest BCUT2D eigenvalue weighted by Gasteiger charge is -2.23. The van der Waals surface area contributed by atoms with E-state index in [1.54, 1.807) is 0 Å². The molecule has 7 heteroatoms. The summed E-state index contributed by atoms with van der Waals surface area (Å²) >= 11 is 0. The molecule has 2 saturated carbocycles. The number of rotatable bonds is 9. The van der Waals surface area contributed by atoms with Crippen molar-refractivity contribution in [3.63, 3.8) is 0 Å². The van der Waals surface area contributed by atoms with Gasteiger partial charge in [0.2, 0.25) is 15.9 Å². The second-order valence-corrected chi connectivity index (χ2v) is 9.69. The van der Waals surface area contributed by atoms with Gasteiger partial charge < -0.3 is 5.32 Å². The third-order valence-corrected chi connectivity index (χ3v) is 7.10. The minimum atomic E-state index is -4.19. The molecule has 0 spiro atoms. The highest BCUT2D eigenvalue weighted by atomic mass is 32.2. The number of sulfonamides is 1. The number of carbonyl (C=O) groups excluding carboxylic acids is 1. The van der Waals surface area contributed by atoms with Gasteiger partial charge in [-0.3, -0.25) is 4.79 Å². The van der Waals surface area contributed by atoms with E-state index < -0.39 is 26.8 Å². The topological polar surface area (TPSA) is 75.3 Å². The third-order valence-electron chi connectivity index (χ3n) is 5.59. The third kappa shape index (κ3) is 5.03. The molecule has 2 fully saturated rings. The number of hydrogen-bond donors (Lipinski definition) is 2. The molecule has 2 N–H and O–H groups in total. The SMILES string of the molecule is O=C(NC(C1CC1)C1CC1)[C@H](Cc1ccccc1)NS(=O)(=O)c1ccccc1F. The molecule has 29 heavy (non-hydrogen) atoms. The number of nitrogens with one attached hydrogen (secondary N) is 2. The van der Waals surface area contributed by atoms with E-state index in [1.807, 2.05) is 30.3 Å². The average molecular weight is 417 g/mol. The van der Waals surface area contributed by atoms with E-state index >= 15 is 0 Å². The zero-order chi connectivity index (χ0) is 20.4. The Morgan fingerprint density at radius 3 is 2.14 bits per heavy atom. The summed E-state index contributed by atoms with van der Waals surface area (Å²) < 4.78 is 42.1. The van der Waals surface area contributed by atoms with E-state index in [-0.39, 0.29) is 18.4 Å². The van der Waals surface area contributed by atoms with Crippen LogP contribution in [0.25, 0.3) is 0 Å². The monoisotopic (exact) mass is 416 g/mol. The number of amides is 1. The van der Waals surface area contributed by atoms with Gasteiger partial charge in [-0.25, -0.2) is 12.8 Å². The summed E-state index contributed by atoms with van der Waals surface area (Å²) in [6.07, 6.45) is 4.61. The number of benzene rings is 2. The van der Waals surface area contributed by atoms with Crippen LogP contribution in [-0.2, 0) is 21.2 Å². The van der Waals surface area contributed by atoms with Gasteiger partial charge in [0.05, 0.1) is 0 Å². The Labute approximate surface area is 170 Å². The van der Waals surface area contributed by atoms with E-state index in [0.717, 1.165) is 37.3 Å². The first-order valence-corrected chi connectivity index (χ1v) is 11.5. The van der Waals surface area contributed by atoms with Crippen molar-refractivity contribution in [3.05, 3.63) is 66.0 Å². The standard InChI is InChI=1S/C22H25FN2O3S/c23-18-8-4-5-9-20(18)29(27,28)25-19(14-15-6-2-1-3-7-15)22(26)24-21(16-10-11-16)17-12-13-17/h1-9,16-17,19,21,25H,10-14H2,(H,24,26)/t19-/m0/s1. The Hall–Kier alpha value is -2.25. The smallest absolute Gasteiger partial charge is 0.244 e. The average Bonchev–Trinajstić information content (AvgIpc) is 3.60. The first kappa shape index (κ1) is 20.0. The maximum absolute atomic E-state index is 14.1. The van der Waals surface area contributed by atoms with Gasteiger partial charge in [-0.05, 0) is 61.6 Å². The maximum atomic E-state index is 14.1. The number of halogens is 1. The Morgan fingerprint density at radius 2 is 1.55 bits per heavy atom. The van der Waals surface area contributed by atoms with Crippen LogP contribution in [0.4, 0.5) is 4.39 Å². The molecule has 0 aromatic heterocycles. The van der Waals surface area contributed by atoms with Crippen LogP contribution in [-0.4, -0.2) is 26.4 Å². The molecule has 0 bridgehead atoms. The predicted octanol–water partition coefficient (Wildman–Crippen LogP) is 3.02. The highest BCUT2D eigenvalue weighted by Gasteiger charge is 2.43. The van der Waals surface area contributed by atoms with Crippen LogP contribution in [0, 0.1) is 17.7 Å². The van der Waals surface area contributed by atoms with E-state index in [0.29, 0.717) is 11.8 Å². The summed E-state index contributed by atoms with van der Waals surface area (Å²) in [5.74, 6) is -0.204. The predicted molar refractivity (Wildman–Crippen MR) is 108 cm³/mol. The van der Waals surface area contributed by atoms with Gasteiger partial charge in [0.25, 0.3) is 0 Å². The van der Waals surface area contributed by atoms with Crippen molar-refractivity contribution < 1.29 is 17.6 Å². The maximum Gasteiger partial charge on any atom is 0.244 e. The molecular formula is C22H25FN2O3S. The molecule has 0 unspecified atom stereocenters. The van der Waals surface area contributed by atoms with Crippen molar-refractivity contribution in [2.45, 2.75) is 49.1 Å². The molecular weight excluding hydrogens is 391 g/mol. The molecule has 2 aromatic rings. The fourth-order valence-corrected chi connectivity index (χ4v) is 5.02. The Bertz CT molecular complexity index is 961. The minimum Gasteiger partial charge on any atom is -0.351 e. The van der Waals surface area contributed by atoms with E-state index in [2.05, 4.69) is 10.0 Å². The minimum absolute atomic E-state index is 0.110. The van der Waals surface area contributed by atoms with Crippen molar-refractivity contribution >= 4 is 15.9 Å². The molecule has 4 rings (SSSR count). The van der Waals surface area contributed by atoms with Crippen LogP contribution in [0.15, 0.2) is 59.5 Å². The summed E-state index contributed by atoms with van der Waals surface area (Å²) in [6.45, 7) is 0. The zero-order valence-electron chi connectivity index (χ0n) is 16.1. The van der Waals surface area contributed by atoms with Crippen molar-refractivity contribution in [2.24, 2.45) is 11.8 Å². The van der Waals surface area contributed by atoms with Crippen LogP contribution >= 0.6 is 0 Å². The molecule has 1 atom stereocenters. The van der Waals surface area contributed by atoms with Crippen LogP contribution in [0.2, 0.25) is 0 Å². The lowest BCUT2D eigenvalue weighted by Crippen LogP contribution is -2.51. The van der Waals surface area contributed by atoms with Crippen molar-refractivity contribution in [1.82, 2.24) is 10.0 Å². The zero-order valence-corrected chi connectivity index (χ0v) is 16.9. The molecule has 0 saturated heterocycles. The number of carbonyl (C=O) groups is 1. The molecule has 5 nitrogen and oxygen atoms in total. The second kappa shape index (κ2) is 8.24. The van der Waals surface area contributed by atoms with Crippen molar-refractivity contribution in [2.75, 3.05) is 0 Å². The summed E-state index contributed by atoms with van der Waals surface area (Å²) in [5, 5.41) is 3.09. The normalized spacial score (nSPS) is 17.9. The quantitative estimate of drug-likeness (QED) is 0.660. The Kier molecular flexibility index (Phi) is 5.69. The van der Waals surface area contributed by atoms with Gasteiger partial charge in [-0.15, -0.1) is 0 Å². The molecule has 154 valence electrons. The fourth-order valence-electron chi connectivity index (χ4n) is 3.75. The number of hydrogen-bond acceptors (Lipinski definition) is 3. The molecule has 1 amide bonds. The first-order chi connectivity index (χ1) is 13.9. The van der Waals surface area contributed by atoms with Gasteiger partial charge >= 0.3 is 0 Å². The highest BCUT2D eigenvalue weighted by Crippen LogP contribution is 2.44. The molecule has 2 aliphatic rings. The lowest BCUT2D eigenvalue weighted by atomic mass is 10.0. The molecule has 2 aromatic carbocycles. The highest BCUT2D eigenvalue weighted by molar-refractivity contribution is 7.89. The molecule has 0 radical (unpaired) electrons. The summed E-state index contributed by atoms with van der Waals surface area (Å²) in [4.78, 5) is 12.6. The molecule has 0 aliphatic heterocycles. The van der Waals surface area contributed by atoms with Gasteiger partial charge in [-0.1, -0.05) is 42.5 Å². The van der Waals surface area contributed by atoms with Crippen molar-refractivity contribution in [1.29, 1.82) is 0 Å². The summed E-state index contributed by atoms with van der Waals surface area (Å²) in [6, 6.07) is 13.5. The Balaban J connectivity index is 1.56. The van der Waals surface area contributed by atoms with Crippen LogP contribution in [0.3, 0.4) is 0 Å². The van der Waals surface area contributed by atoms with Crippen LogP contribution < -0.4 is 10.0 Å². The molecule has 0 heterocycles. The van der Waals surface area contributed by atoms with E-state index in [9.17, 15) is 17.6 Å². The first-order valence-electron chi connectivity index (χ1n) is 10.1. The fraction of sp³-hybridized carbons (Fsp3) is 0.409. The Morgan fingerprint density at radius 1 is 0.966 bits per heavy atom. The largest absolute Gasteiger partial charge is 0.351 e. The summed E-state index contributed by atoms with van der Waals surface area (Å²) in [5.41, 5.74) is 0.832. The second-order valence-electron chi connectivity index (χ2n) is 8.00. The summed E-state index contributed by atoms with van der Waals surface area (Å²) in [7, 11) is -4.19. The van der Waals surface area contributed by atoms with Gasteiger partial charge in [0.1, 0.15) is 16.8 Å². The van der Waals surface area contributed by atoms with Crippen LogP contribution in [0.5, 0.6) is 0 Å². The van der Waals surface area contributed by atoms with Gasteiger partial charge in [0.15, 0.2) is 0 Å². The van der Waals surface area contributed by atoms with E-state index in [1.165, 1.54) is 18.2 Å². The van der Waals surface area contributed by atoms with Crippen molar-refractivity contribution in [3.8, 4) is 0 Å². The van der Waals surface area contributed by atoms with Gasteiger partial charge in [0, 0.05) is 6.04 Å². The van der Waals surface area contributed by atoms with E-state index in [4.69, 9.17) is 0 Å². The van der Waals surface area contributed by atoms with Crippen LogP contribution in [0.1, 0.15) is 31.2 Å². The molecule has 2 aliphatic carbocycles. The lowest BCUT2D eigenvalue weighted by molar-refractivity contribution is -0.123. The van der Waals surface area contributed by atoms with Gasteiger partial charge in [-0.2, -0.15) is 4.72 Å².